The molecule has 1 aromatic rings. The highest BCUT2D eigenvalue weighted by molar-refractivity contribution is 8.01. The third kappa shape index (κ3) is 3.17. The number of nitrogens with zero attached hydrogens (tertiary/aromatic N) is 4. The SMILES string of the molecule is CN(C)C(=O)CO[C@H]1CSC2(C1)CN(c1ncc(F)cn1)C2. The minimum Gasteiger partial charge on any atom is -0.367 e. The predicted molar refractivity (Wildman–Crippen MR) is 82.4 cm³/mol. The first-order valence-electron chi connectivity index (χ1n) is 7.16. The van der Waals surface area contributed by atoms with Crippen molar-refractivity contribution in [1.82, 2.24) is 14.9 Å². The second-order valence-corrected chi connectivity index (χ2v) is 7.46. The summed E-state index contributed by atoms with van der Waals surface area (Å²) in [5.74, 6) is 1.03. The summed E-state index contributed by atoms with van der Waals surface area (Å²) >= 11 is 1.88. The summed E-state index contributed by atoms with van der Waals surface area (Å²) in [6, 6.07) is 0. The summed E-state index contributed by atoms with van der Waals surface area (Å²) < 4.78 is 18.7. The fourth-order valence-corrected chi connectivity index (χ4v) is 4.26. The molecule has 3 heterocycles. The van der Waals surface area contributed by atoms with Gasteiger partial charge in [0.1, 0.15) is 6.61 Å². The molecule has 0 unspecified atom stereocenters. The molecule has 2 saturated heterocycles. The van der Waals surface area contributed by atoms with E-state index < -0.39 is 5.82 Å². The van der Waals surface area contributed by atoms with E-state index in [0.29, 0.717) is 5.95 Å². The molecule has 8 heteroatoms. The van der Waals surface area contributed by atoms with Gasteiger partial charge in [-0.15, -0.1) is 11.8 Å². The van der Waals surface area contributed by atoms with E-state index >= 15 is 0 Å². The zero-order chi connectivity index (χ0) is 15.7. The molecule has 0 N–H and O–H groups in total. The molecule has 6 nitrogen and oxygen atoms in total. The minimum atomic E-state index is -0.423. The van der Waals surface area contributed by atoms with E-state index in [4.69, 9.17) is 4.74 Å². The van der Waals surface area contributed by atoms with Crippen LogP contribution in [-0.2, 0) is 9.53 Å². The molecule has 22 heavy (non-hydrogen) atoms. The first-order chi connectivity index (χ1) is 10.5. The largest absolute Gasteiger partial charge is 0.367 e. The van der Waals surface area contributed by atoms with Crippen molar-refractivity contribution in [2.24, 2.45) is 0 Å². The quantitative estimate of drug-likeness (QED) is 0.815. The molecular weight excluding hydrogens is 307 g/mol. The van der Waals surface area contributed by atoms with Crippen molar-refractivity contribution in [2.45, 2.75) is 17.3 Å². The van der Waals surface area contributed by atoms with E-state index in [1.165, 1.54) is 17.3 Å². The fourth-order valence-electron chi connectivity index (χ4n) is 2.71. The van der Waals surface area contributed by atoms with Crippen molar-refractivity contribution in [3.8, 4) is 0 Å². The van der Waals surface area contributed by atoms with Crippen LogP contribution in [0.15, 0.2) is 12.4 Å². The van der Waals surface area contributed by atoms with Crippen LogP contribution >= 0.6 is 11.8 Å². The molecule has 0 aliphatic carbocycles. The molecule has 1 amide bonds. The van der Waals surface area contributed by atoms with Crippen LogP contribution in [0.25, 0.3) is 0 Å². The minimum absolute atomic E-state index is 0.0131. The Labute approximate surface area is 133 Å². The Kier molecular flexibility index (Phi) is 4.22. The van der Waals surface area contributed by atoms with E-state index in [9.17, 15) is 9.18 Å². The normalized spacial score (nSPS) is 22.7. The summed E-state index contributed by atoms with van der Waals surface area (Å²) in [6.07, 6.45) is 3.42. The van der Waals surface area contributed by atoms with Crippen molar-refractivity contribution in [3.05, 3.63) is 18.2 Å². The number of rotatable bonds is 4. The van der Waals surface area contributed by atoms with Crippen molar-refractivity contribution in [3.63, 3.8) is 0 Å². The third-order valence-electron chi connectivity index (χ3n) is 3.96. The van der Waals surface area contributed by atoms with E-state index in [1.54, 1.807) is 14.1 Å². The van der Waals surface area contributed by atoms with Crippen LogP contribution in [0.2, 0.25) is 0 Å². The first kappa shape index (κ1) is 15.5. The molecule has 120 valence electrons. The lowest BCUT2D eigenvalue weighted by Gasteiger charge is -2.47. The van der Waals surface area contributed by atoms with Crippen LogP contribution in [0, 0.1) is 5.82 Å². The Bertz CT molecular complexity index is 548. The average Bonchev–Trinajstić information content (AvgIpc) is 2.88. The van der Waals surface area contributed by atoms with Crippen LogP contribution in [0.3, 0.4) is 0 Å². The van der Waals surface area contributed by atoms with Crippen LogP contribution in [0.4, 0.5) is 10.3 Å². The second kappa shape index (κ2) is 6.00. The zero-order valence-electron chi connectivity index (χ0n) is 12.7. The van der Waals surface area contributed by atoms with Gasteiger partial charge in [-0.1, -0.05) is 0 Å². The number of aromatic nitrogens is 2. The van der Waals surface area contributed by atoms with Gasteiger partial charge >= 0.3 is 0 Å². The van der Waals surface area contributed by atoms with Crippen molar-refractivity contribution < 1.29 is 13.9 Å². The number of hydrogen-bond acceptors (Lipinski definition) is 6. The summed E-state index contributed by atoms with van der Waals surface area (Å²) in [7, 11) is 3.45. The molecule has 0 radical (unpaired) electrons. The molecule has 0 aromatic carbocycles. The lowest BCUT2D eigenvalue weighted by molar-refractivity contribution is -0.135. The van der Waals surface area contributed by atoms with E-state index in [1.807, 2.05) is 16.7 Å². The van der Waals surface area contributed by atoms with E-state index in [0.717, 1.165) is 25.3 Å². The van der Waals surface area contributed by atoms with Crippen LogP contribution in [0.1, 0.15) is 6.42 Å². The molecule has 1 atom stereocenters. The first-order valence-corrected chi connectivity index (χ1v) is 8.14. The summed E-state index contributed by atoms with van der Waals surface area (Å²) in [6.45, 7) is 1.81. The Morgan fingerprint density at radius 3 is 2.82 bits per heavy atom. The Balaban J connectivity index is 1.48. The maximum absolute atomic E-state index is 12.8. The maximum Gasteiger partial charge on any atom is 0.248 e. The van der Waals surface area contributed by atoms with Gasteiger partial charge < -0.3 is 14.5 Å². The van der Waals surface area contributed by atoms with Gasteiger partial charge in [0.2, 0.25) is 11.9 Å². The number of likely N-dealkylation sites (N-methyl/N-ethyl adjacent to an activating group) is 1. The third-order valence-corrected chi connectivity index (χ3v) is 5.54. The van der Waals surface area contributed by atoms with Gasteiger partial charge in [-0.05, 0) is 6.42 Å². The van der Waals surface area contributed by atoms with Gasteiger partial charge in [-0.2, -0.15) is 0 Å². The Morgan fingerprint density at radius 1 is 1.50 bits per heavy atom. The number of carbonyl (C=O) groups is 1. The number of anilines is 1. The van der Waals surface area contributed by atoms with Crippen LogP contribution in [-0.4, -0.2) is 71.2 Å². The maximum atomic E-state index is 12.8. The van der Waals surface area contributed by atoms with Gasteiger partial charge in [0.25, 0.3) is 0 Å². The number of hydrogen-bond donors (Lipinski definition) is 0. The molecular formula is C14H19FN4O2S. The topological polar surface area (TPSA) is 58.6 Å². The van der Waals surface area contributed by atoms with Gasteiger partial charge in [-0.25, -0.2) is 14.4 Å². The predicted octanol–water partition coefficient (Wildman–Crippen LogP) is 0.785. The van der Waals surface area contributed by atoms with Crippen molar-refractivity contribution in [2.75, 3.05) is 44.4 Å². The van der Waals surface area contributed by atoms with Gasteiger partial charge in [-0.3, -0.25) is 4.79 Å². The second-order valence-electron chi connectivity index (χ2n) is 5.98. The standard InChI is InChI=1S/C14H19FN4O2S/c1-18(2)12(20)6-21-11-3-14(22-7-11)8-19(9-14)13-16-4-10(15)5-17-13/h4-5,11H,3,6-9H2,1-2H3/t11-/m1/s1. The van der Waals surface area contributed by atoms with Crippen LogP contribution in [0.5, 0.6) is 0 Å². The number of halogens is 1. The molecule has 2 fully saturated rings. The number of carbonyl (C=O) groups excluding carboxylic acids is 1. The van der Waals surface area contributed by atoms with Gasteiger partial charge in [0.15, 0.2) is 5.82 Å². The van der Waals surface area contributed by atoms with Crippen LogP contribution < -0.4 is 4.90 Å². The van der Waals surface area contributed by atoms with Crippen molar-refractivity contribution >= 4 is 23.6 Å². The highest BCUT2D eigenvalue weighted by Gasteiger charge is 2.50. The number of thioether (sulfide) groups is 1. The highest BCUT2D eigenvalue weighted by atomic mass is 32.2. The number of amides is 1. The average molecular weight is 326 g/mol. The van der Waals surface area contributed by atoms with Crippen molar-refractivity contribution in [1.29, 1.82) is 0 Å². The molecule has 2 aliphatic rings. The smallest absolute Gasteiger partial charge is 0.248 e. The number of ether oxygens (including phenoxy) is 1. The lowest BCUT2D eigenvalue weighted by atomic mass is 9.93. The Hall–Kier alpha value is -1.41. The molecule has 2 aliphatic heterocycles. The van der Waals surface area contributed by atoms with Gasteiger partial charge in [0.05, 0.1) is 23.2 Å². The highest BCUT2D eigenvalue weighted by Crippen LogP contribution is 2.46. The summed E-state index contributed by atoms with van der Waals surface area (Å²) in [5, 5.41) is 0. The molecule has 1 spiro atoms. The van der Waals surface area contributed by atoms with E-state index in [-0.39, 0.29) is 23.4 Å². The Morgan fingerprint density at radius 2 is 2.18 bits per heavy atom. The zero-order valence-corrected chi connectivity index (χ0v) is 13.5. The molecule has 0 bridgehead atoms. The monoisotopic (exact) mass is 326 g/mol. The van der Waals surface area contributed by atoms with Gasteiger partial charge in [0, 0.05) is 32.9 Å². The fraction of sp³-hybridized carbons (Fsp3) is 0.643. The molecule has 0 saturated carbocycles. The van der Waals surface area contributed by atoms with E-state index in [2.05, 4.69) is 9.97 Å². The molecule has 1 aromatic heterocycles. The molecule has 3 rings (SSSR count). The summed E-state index contributed by atoms with van der Waals surface area (Å²) in [5.41, 5.74) is 0. The lowest BCUT2D eigenvalue weighted by Crippen LogP contribution is -2.59. The summed E-state index contributed by atoms with van der Waals surface area (Å²) in [4.78, 5) is 23.1.